The highest BCUT2D eigenvalue weighted by atomic mass is 32.1. The molecule has 1 N–H and O–H groups in total. The number of thiazole rings is 1. The van der Waals surface area contributed by atoms with Crippen LogP contribution in [0.3, 0.4) is 0 Å². The number of morpholine rings is 1. The Hall–Kier alpha value is -1.59. The number of aryl methyl sites for hydroxylation is 1. The first-order valence-corrected chi connectivity index (χ1v) is 9.20. The quantitative estimate of drug-likeness (QED) is 0.865. The highest BCUT2D eigenvalue weighted by molar-refractivity contribution is 7.13. The van der Waals surface area contributed by atoms with Gasteiger partial charge >= 0.3 is 5.13 Å². The SMILES string of the molecule is CC[n+]1c(C)csc1Nc1ccc(N2CC(C)OC(C)C2)cc1. The van der Waals surface area contributed by atoms with Crippen LogP contribution < -0.4 is 14.8 Å². The summed E-state index contributed by atoms with van der Waals surface area (Å²) in [7, 11) is 0. The lowest BCUT2D eigenvalue weighted by Gasteiger charge is -2.36. The lowest BCUT2D eigenvalue weighted by Crippen LogP contribution is -2.45. The molecule has 2 unspecified atom stereocenters. The van der Waals surface area contributed by atoms with Gasteiger partial charge in [0, 0.05) is 24.2 Å². The second-order valence-electron chi connectivity index (χ2n) is 6.26. The summed E-state index contributed by atoms with van der Waals surface area (Å²) in [5, 5.41) is 6.91. The molecule has 1 aromatic carbocycles. The van der Waals surface area contributed by atoms with Crippen molar-refractivity contribution in [3.05, 3.63) is 35.3 Å². The fourth-order valence-electron chi connectivity index (χ4n) is 3.19. The molecule has 5 heteroatoms. The molecule has 0 bridgehead atoms. The number of benzene rings is 1. The van der Waals surface area contributed by atoms with Crippen LogP contribution in [0.1, 0.15) is 26.5 Å². The normalized spacial score (nSPS) is 21.5. The molecular formula is C18H26N3OS+. The first-order chi connectivity index (χ1) is 11.1. The van der Waals surface area contributed by atoms with Gasteiger partial charge in [-0.3, -0.25) is 0 Å². The summed E-state index contributed by atoms with van der Waals surface area (Å²) in [6.07, 6.45) is 0.573. The van der Waals surface area contributed by atoms with E-state index in [0.29, 0.717) is 0 Å². The summed E-state index contributed by atoms with van der Waals surface area (Å²) in [4.78, 5) is 2.41. The molecule has 1 fully saturated rings. The van der Waals surface area contributed by atoms with Crippen molar-refractivity contribution in [1.82, 2.24) is 0 Å². The van der Waals surface area contributed by atoms with Crippen molar-refractivity contribution in [3.63, 3.8) is 0 Å². The van der Waals surface area contributed by atoms with Gasteiger partial charge in [0.2, 0.25) is 0 Å². The molecule has 1 aromatic heterocycles. The van der Waals surface area contributed by atoms with E-state index in [2.05, 4.69) is 72.1 Å². The monoisotopic (exact) mass is 332 g/mol. The van der Waals surface area contributed by atoms with Crippen molar-refractivity contribution in [2.75, 3.05) is 23.3 Å². The van der Waals surface area contributed by atoms with Gasteiger partial charge in [-0.05, 0) is 52.0 Å². The average Bonchev–Trinajstić information content (AvgIpc) is 2.87. The van der Waals surface area contributed by atoms with E-state index in [9.17, 15) is 0 Å². The van der Waals surface area contributed by atoms with E-state index in [-0.39, 0.29) is 12.2 Å². The number of ether oxygens (including phenoxy) is 1. The van der Waals surface area contributed by atoms with Gasteiger partial charge in [0.25, 0.3) is 0 Å². The van der Waals surface area contributed by atoms with Crippen molar-refractivity contribution in [1.29, 1.82) is 0 Å². The van der Waals surface area contributed by atoms with Crippen molar-refractivity contribution >= 4 is 27.8 Å². The third-order valence-corrected chi connectivity index (χ3v) is 5.24. The maximum absolute atomic E-state index is 5.81. The lowest BCUT2D eigenvalue weighted by molar-refractivity contribution is -0.681. The number of aromatic nitrogens is 1. The van der Waals surface area contributed by atoms with E-state index in [1.54, 1.807) is 11.3 Å². The van der Waals surface area contributed by atoms with Crippen LogP contribution in [0.25, 0.3) is 0 Å². The maximum atomic E-state index is 5.81. The molecule has 0 radical (unpaired) electrons. The van der Waals surface area contributed by atoms with Crippen LogP contribution >= 0.6 is 11.3 Å². The molecule has 23 heavy (non-hydrogen) atoms. The molecule has 2 atom stereocenters. The van der Waals surface area contributed by atoms with Crippen LogP contribution in [0.2, 0.25) is 0 Å². The van der Waals surface area contributed by atoms with Gasteiger partial charge in [-0.25, -0.2) is 9.88 Å². The highest BCUT2D eigenvalue weighted by Gasteiger charge is 2.22. The molecule has 124 valence electrons. The van der Waals surface area contributed by atoms with Crippen LogP contribution in [0.4, 0.5) is 16.5 Å². The Balaban J connectivity index is 1.72. The van der Waals surface area contributed by atoms with Crippen LogP contribution in [0, 0.1) is 6.92 Å². The Kier molecular flexibility index (Phi) is 4.87. The fraction of sp³-hybridized carbons (Fsp3) is 0.500. The Morgan fingerprint density at radius 3 is 2.48 bits per heavy atom. The number of hydrogen-bond acceptors (Lipinski definition) is 4. The molecule has 0 amide bonds. The minimum Gasteiger partial charge on any atom is -0.372 e. The summed E-state index contributed by atoms with van der Waals surface area (Å²) in [6, 6.07) is 8.72. The second-order valence-corrected chi connectivity index (χ2v) is 7.12. The van der Waals surface area contributed by atoms with E-state index >= 15 is 0 Å². The van der Waals surface area contributed by atoms with E-state index in [1.807, 2.05) is 0 Å². The van der Waals surface area contributed by atoms with Gasteiger partial charge in [-0.2, -0.15) is 0 Å². The first-order valence-electron chi connectivity index (χ1n) is 8.32. The van der Waals surface area contributed by atoms with Crippen molar-refractivity contribution in [3.8, 4) is 0 Å². The summed E-state index contributed by atoms with van der Waals surface area (Å²) < 4.78 is 8.11. The van der Waals surface area contributed by atoms with Crippen molar-refractivity contribution in [2.24, 2.45) is 0 Å². The van der Waals surface area contributed by atoms with E-state index < -0.39 is 0 Å². The third-order valence-electron chi connectivity index (χ3n) is 4.23. The topological polar surface area (TPSA) is 28.4 Å². The standard InChI is InChI=1S/C18H25N3OS/c1-5-21-13(2)12-23-18(21)19-16-6-8-17(9-7-16)20-10-14(3)22-15(4)11-20/h6-9,12,14-15H,5,10-11H2,1-4H3/p+1. The maximum Gasteiger partial charge on any atom is 0.339 e. The van der Waals surface area contributed by atoms with Gasteiger partial charge in [0.15, 0.2) is 0 Å². The van der Waals surface area contributed by atoms with Crippen LogP contribution in [0.5, 0.6) is 0 Å². The molecule has 0 saturated carbocycles. The van der Waals surface area contributed by atoms with E-state index in [0.717, 1.165) is 25.3 Å². The zero-order chi connectivity index (χ0) is 16.4. The Bertz CT molecular complexity index is 643. The Morgan fingerprint density at radius 1 is 1.22 bits per heavy atom. The summed E-state index contributed by atoms with van der Waals surface area (Å²) in [6.45, 7) is 11.5. The van der Waals surface area contributed by atoms with Crippen molar-refractivity contribution in [2.45, 2.75) is 46.4 Å². The molecule has 0 aliphatic carbocycles. The number of nitrogens with one attached hydrogen (secondary N) is 1. The molecule has 1 aliphatic rings. The van der Waals surface area contributed by atoms with Crippen LogP contribution in [0.15, 0.2) is 29.6 Å². The Morgan fingerprint density at radius 2 is 1.87 bits per heavy atom. The number of nitrogens with zero attached hydrogens (tertiary/aromatic N) is 2. The van der Waals surface area contributed by atoms with Crippen LogP contribution in [-0.4, -0.2) is 25.3 Å². The predicted octanol–water partition coefficient (Wildman–Crippen LogP) is 3.72. The van der Waals surface area contributed by atoms with Gasteiger partial charge in [-0.1, -0.05) is 11.3 Å². The van der Waals surface area contributed by atoms with E-state index in [4.69, 9.17) is 4.74 Å². The minimum absolute atomic E-state index is 0.286. The van der Waals surface area contributed by atoms with Gasteiger partial charge in [0.05, 0.1) is 18.8 Å². The molecule has 2 heterocycles. The number of anilines is 3. The van der Waals surface area contributed by atoms with Gasteiger partial charge in [0.1, 0.15) is 11.4 Å². The largest absolute Gasteiger partial charge is 0.372 e. The second kappa shape index (κ2) is 6.89. The predicted molar refractivity (Wildman–Crippen MR) is 96.9 cm³/mol. The Labute approximate surface area is 142 Å². The van der Waals surface area contributed by atoms with E-state index in [1.165, 1.54) is 16.5 Å². The molecule has 3 rings (SSSR count). The fourth-order valence-corrected chi connectivity index (χ4v) is 4.17. The first kappa shape index (κ1) is 16.3. The zero-order valence-corrected chi connectivity index (χ0v) is 15.2. The molecular weight excluding hydrogens is 306 g/mol. The highest BCUT2D eigenvalue weighted by Crippen LogP contribution is 2.24. The number of rotatable bonds is 4. The minimum atomic E-state index is 0.286. The van der Waals surface area contributed by atoms with Gasteiger partial charge < -0.3 is 9.64 Å². The molecule has 2 aromatic rings. The molecule has 4 nitrogen and oxygen atoms in total. The summed E-state index contributed by atoms with van der Waals surface area (Å²) >= 11 is 1.75. The van der Waals surface area contributed by atoms with Crippen molar-refractivity contribution < 1.29 is 9.30 Å². The smallest absolute Gasteiger partial charge is 0.339 e. The van der Waals surface area contributed by atoms with Gasteiger partial charge in [-0.15, -0.1) is 0 Å². The summed E-state index contributed by atoms with van der Waals surface area (Å²) in [5.41, 5.74) is 3.70. The molecule has 0 spiro atoms. The number of hydrogen-bond donors (Lipinski definition) is 1. The zero-order valence-electron chi connectivity index (χ0n) is 14.4. The molecule has 1 saturated heterocycles. The summed E-state index contributed by atoms with van der Waals surface area (Å²) in [5.74, 6) is 0. The lowest BCUT2D eigenvalue weighted by atomic mass is 10.2. The average molecular weight is 332 g/mol. The third kappa shape index (κ3) is 3.67. The van der Waals surface area contributed by atoms with Crippen LogP contribution in [-0.2, 0) is 11.3 Å². The molecule has 1 aliphatic heterocycles.